The van der Waals surface area contributed by atoms with Crippen LogP contribution in [-0.4, -0.2) is 57.5 Å². The molecule has 1 atom stereocenters. The number of amides is 2. The third-order valence-electron chi connectivity index (χ3n) is 6.69. The van der Waals surface area contributed by atoms with Crippen molar-refractivity contribution in [2.75, 3.05) is 30.6 Å². The molecule has 41 heavy (non-hydrogen) atoms. The number of anilines is 1. The van der Waals surface area contributed by atoms with Gasteiger partial charge in [0.15, 0.2) is 11.5 Å². The number of carbonyl (C=O) groups excluding carboxylic acids is 2. The number of fused-ring (bicyclic) bond motifs is 1. The van der Waals surface area contributed by atoms with E-state index in [2.05, 4.69) is 5.32 Å². The summed E-state index contributed by atoms with van der Waals surface area (Å²) >= 11 is 0. The molecule has 1 aliphatic rings. The number of unbranched alkanes of at least 4 members (excludes halogenated alkanes) is 1. The van der Waals surface area contributed by atoms with Gasteiger partial charge in [0.25, 0.3) is 10.0 Å². The first-order valence-corrected chi connectivity index (χ1v) is 14.9. The number of ether oxygens (including phenoxy) is 2. The van der Waals surface area contributed by atoms with Gasteiger partial charge in [-0.3, -0.25) is 13.9 Å². The van der Waals surface area contributed by atoms with E-state index in [9.17, 15) is 22.4 Å². The molecule has 0 unspecified atom stereocenters. The Bertz CT molecular complexity index is 1450. The van der Waals surface area contributed by atoms with Crippen molar-refractivity contribution in [3.05, 3.63) is 84.2 Å². The normalized spacial score (nSPS) is 13.2. The third kappa shape index (κ3) is 7.35. The Labute approximate surface area is 239 Å². The van der Waals surface area contributed by atoms with E-state index in [-0.39, 0.29) is 23.0 Å². The predicted octanol–water partition coefficient (Wildman–Crippen LogP) is 4.13. The van der Waals surface area contributed by atoms with Crippen molar-refractivity contribution in [1.82, 2.24) is 10.2 Å². The van der Waals surface area contributed by atoms with Crippen LogP contribution in [0.4, 0.5) is 10.1 Å². The quantitative estimate of drug-likeness (QED) is 0.322. The van der Waals surface area contributed by atoms with Crippen LogP contribution in [0.1, 0.15) is 32.3 Å². The Morgan fingerprint density at radius 3 is 2.34 bits per heavy atom. The van der Waals surface area contributed by atoms with Crippen LogP contribution in [0.2, 0.25) is 0 Å². The topological polar surface area (TPSA) is 105 Å². The fraction of sp³-hybridized carbons (Fsp3) is 0.333. The van der Waals surface area contributed by atoms with E-state index in [1.165, 1.54) is 47.4 Å². The molecule has 3 aromatic rings. The molecule has 0 aromatic heterocycles. The molecule has 1 aliphatic heterocycles. The second kappa shape index (κ2) is 13.5. The fourth-order valence-corrected chi connectivity index (χ4v) is 5.77. The lowest BCUT2D eigenvalue weighted by Gasteiger charge is -2.32. The van der Waals surface area contributed by atoms with Gasteiger partial charge in [-0.1, -0.05) is 43.7 Å². The van der Waals surface area contributed by atoms with E-state index < -0.39 is 34.3 Å². The van der Waals surface area contributed by atoms with Gasteiger partial charge in [-0.05, 0) is 55.3 Å². The minimum absolute atomic E-state index is 0.00173. The summed E-state index contributed by atoms with van der Waals surface area (Å²) in [7, 11) is -4.21. The molecule has 0 radical (unpaired) electrons. The second-order valence-corrected chi connectivity index (χ2v) is 11.5. The summed E-state index contributed by atoms with van der Waals surface area (Å²) in [5.74, 6) is -0.580. The van der Waals surface area contributed by atoms with Gasteiger partial charge in [0, 0.05) is 19.2 Å². The molecule has 0 saturated carbocycles. The van der Waals surface area contributed by atoms with Crippen LogP contribution in [0.15, 0.2) is 77.7 Å². The van der Waals surface area contributed by atoms with Gasteiger partial charge in [0.05, 0.1) is 10.6 Å². The zero-order valence-electron chi connectivity index (χ0n) is 23.1. The molecule has 1 heterocycles. The van der Waals surface area contributed by atoms with Crippen LogP contribution in [0.3, 0.4) is 0 Å². The summed E-state index contributed by atoms with van der Waals surface area (Å²) in [4.78, 5) is 28.3. The van der Waals surface area contributed by atoms with Crippen LogP contribution in [0, 0.1) is 5.82 Å². The van der Waals surface area contributed by atoms with Crippen molar-refractivity contribution in [3.8, 4) is 11.5 Å². The molecule has 0 aliphatic carbocycles. The Kier molecular flexibility index (Phi) is 9.82. The van der Waals surface area contributed by atoms with Crippen molar-refractivity contribution in [2.45, 2.75) is 44.2 Å². The number of benzene rings is 3. The van der Waals surface area contributed by atoms with Gasteiger partial charge < -0.3 is 19.7 Å². The Morgan fingerprint density at radius 2 is 1.66 bits per heavy atom. The SMILES string of the molecule is CCCCNC(=O)[C@@H](C)N(Cc1ccc(F)cc1)C(=O)CN(c1ccc2c(c1)OCCO2)S(=O)(=O)c1ccccc1. The van der Waals surface area contributed by atoms with Gasteiger partial charge in [-0.25, -0.2) is 12.8 Å². The summed E-state index contributed by atoms with van der Waals surface area (Å²) in [6.45, 7) is 4.09. The fourth-order valence-electron chi connectivity index (χ4n) is 4.34. The van der Waals surface area contributed by atoms with Crippen molar-refractivity contribution < 1.29 is 31.9 Å². The number of hydrogen-bond donors (Lipinski definition) is 1. The number of nitrogens with zero attached hydrogens (tertiary/aromatic N) is 2. The average Bonchev–Trinajstić information content (AvgIpc) is 2.99. The lowest BCUT2D eigenvalue weighted by molar-refractivity contribution is -0.139. The lowest BCUT2D eigenvalue weighted by atomic mass is 10.1. The molecule has 0 fully saturated rings. The first-order valence-electron chi connectivity index (χ1n) is 13.5. The summed E-state index contributed by atoms with van der Waals surface area (Å²) in [6.07, 6.45) is 1.66. The van der Waals surface area contributed by atoms with E-state index >= 15 is 0 Å². The van der Waals surface area contributed by atoms with Crippen molar-refractivity contribution >= 4 is 27.5 Å². The van der Waals surface area contributed by atoms with Gasteiger partial charge in [0.1, 0.15) is 31.6 Å². The van der Waals surface area contributed by atoms with Gasteiger partial charge in [0.2, 0.25) is 11.8 Å². The zero-order chi connectivity index (χ0) is 29.4. The summed E-state index contributed by atoms with van der Waals surface area (Å²) in [6, 6.07) is 17.1. The van der Waals surface area contributed by atoms with Crippen LogP contribution in [0.5, 0.6) is 11.5 Å². The number of halogens is 1. The number of sulfonamides is 1. The third-order valence-corrected chi connectivity index (χ3v) is 8.47. The minimum atomic E-state index is -4.21. The first-order chi connectivity index (χ1) is 19.7. The van der Waals surface area contributed by atoms with E-state index in [1.54, 1.807) is 37.3 Å². The number of rotatable bonds is 12. The minimum Gasteiger partial charge on any atom is -0.486 e. The highest BCUT2D eigenvalue weighted by Gasteiger charge is 2.33. The van der Waals surface area contributed by atoms with Crippen LogP contribution >= 0.6 is 0 Å². The molecule has 3 aromatic carbocycles. The summed E-state index contributed by atoms with van der Waals surface area (Å²) in [5.41, 5.74) is 0.790. The predicted molar refractivity (Wildman–Crippen MR) is 153 cm³/mol. The molecule has 0 saturated heterocycles. The Morgan fingerprint density at radius 1 is 0.976 bits per heavy atom. The summed E-state index contributed by atoms with van der Waals surface area (Å²) in [5, 5.41) is 2.83. The highest BCUT2D eigenvalue weighted by Crippen LogP contribution is 2.36. The highest BCUT2D eigenvalue weighted by atomic mass is 32.2. The maximum absolute atomic E-state index is 14.0. The van der Waals surface area contributed by atoms with Crippen molar-refractivity contribution in [1.29, 1.82) is 0 Å². The molecular weight excluding hydrogens is 549 g/mol. The number of hydrogen-bond acceptors (Lipinski definition) is 6. The second-order valence-electron chi connectivity index (χ2n) is 9.62. The van der Waals surface area contributed by atoms with E-state index in [0.717, 1.165) is 17.1 Å². The van der Waals surface area contributed by atoms with Gasteiger partial charge in [-0.2, -0.15) is 0 Å². The van der Waals surface area contributed by atoms with Crippen LogP contribution in [-0.2, 0) is 26.2 Å². The monoisotopic (exact) mass is 583 g/mol. The number of nitrogens with one attached hydrogen (secondary N) is 1. The number of carbonyl (C=O) groups is 2. The maximum atomic E-state index is 14.0. The largest absolute Gasteiger partial charge is 0.486 e. The van der Waals surface area contributed by atoms with E-state index in [1.807, 2.05) is 6.92 Å². The molecule has 11 heteroatoms. The first kappa shape index (κ1) is 29.9. The van der Waals surface area contributed by atoms with E-state index in [4.69, 9.17) is 9.47 Å². The Balaban J connectivity index is 1.70. The molecule has 0 bridgehead atoms. The maximum Gasteiger partial charge on any atom is 0.264 e. The lowest BCUT2D eigenvalue weighted by Crippen LogP contribution is -2.51. The smallest absolute Gasteiger partial charge is 0.264 e. The summed E-state index contributed by atoms with van der Waals surface area (Å²) < 4.78 is 53.6. The van der Waals surface area contributed by atoms with Crippen LogP contribution < -0.4 is 19.1 Å². The molecule has 218 valence electrons. The standard InChI is InChI=1S/C30H34FN3O6S/c1-3-4-16-32-30(36)22(2)33(20-23-10-12-24(31)13-11-23)29(35)21-34(41(37,38)26-8-6-5-7-9-26)25-14-15-27-28(19-25)40-18-17-39-27/h5-15,19,22H,3-4,16-18,20-21H2,1-2H3,(H,32,36)/t22-/m1/s1. The van der Waals surface area contributed by atoms with Crippen molar-refractivity contribution in [2.24, 2.45) is 0 Å². The van der Waals surface area contributed by atoms with Crippen LogP contribution in [0.25, 0.3) is 0 Å². The highest BCUT2D eigenvalue weighted by molar-refractivity contribution is 7.92. The van der Waals surface area contributed by atoms with Gasteiger partial charge >= 0.3 is 0 Å². The molecule has 4 rings (SSSR count). The average molecular weight is 584 g/mol. The molecule has 0 spiro atoms. The molecular formula is C30H34FN3O6S. The molecule has 9 nitrogen and oxygen atoms in total. The zero-order valence-corrected chi connectivity index (χ0v) is 23.9. The Hall–Kier alpha value is -4.12. The van der Waals surface area contributed by atoms with Gasteiger partial charge in [-0.15, -0.1) is 0 Å². The molecule has 2 amide bonds. The van der Waals surface area contributed by atoms with E-state index in [0.29, 0.717) is 36.8 Å². The van der Waals surface area contributed by atoms with Crippen molar-refractivity contribution in [3.63, 3.8) is 0 Å². The molecule has 1 N–H and O–H groups in total.